The molecule has 3 nitrogen and oxygen atoms in total. The highest BCUT2D eigenvalue weighted by Gasteiger charge is 2.27. The molecule has 0 aromatic heterocycles. The molecule has 18 heavy (non-hydrogen) atoms. The van der Waals surface area contributed by atoms with Crippen LogP contribution in [0.1, 0.15) is 33.1 Å². The molecule has 0 aromatic rings. The van der Waals surface area contributed by atoms with Crippen LogP contribution in [-0.2, 0) is 0 Å². The normalized spacial score (nSPS) is 26.9. The van der Waals surface area contributed by atoms with E-state index in [0.717, 1.165) is 25.7 Å². The Morgan fingerprint density at radius 1 is 1.28 bits per heavy atom. The molecule has 1 atom stereocenters. The Kier molecular flexibility index (Phi) is 5.22. The second-order valence-electron chi connectivity index (χ2n) is 6.11. The summed E-state index contributed by atoms with van der Waals surface area (Å²) >= 11 is 0. The molecule has 0 spiro atoms. The molecule has 1 N–H and O–H groups in total. The lowest BCUT2D eigenvalue weighted by Gasteiger charge is -2.31. The maximum atomic E-state index is 4.32. The molecule has 0 saturated carbocycles. The molecule has 2 aliphatic heterocycles. The van der Waals surface area contributed by atoms with Gasteiger partial charge in [-0.15, -0.1) is 0 Å². The molecule has 2 saturated heterocycles. The average molecular weight is 251 g/mol. The maximum absolute atomic E-state index is 4.32. The van der Waals surface area contributed by atoms with E-state index in [9.17, 15) is 0 Å². The largest absolute Gasteiger partial charge is 0.314 e. The zero-order valence-electron chi connectivity index (χ0n) is 12.1. The van der Waals surface area contributed by atoms with Gasteiger partial charge < -0.3 is 5.32 Å². The summed E-state index contributed by atoms with van der Waals surface area (Å²) in [6, 6.07) is 1.44. The summed E-state index contributed by atoms with van der Waals surface area (Å²) in [5.41, 5.74) is 1.43. The van der Waals surface area contributed by atoms with Crippen LogP contribution in [0, 0.1) is 0 Å². The first-order chi connectivity index (χ1) is 8.66. The molecule has 0 aromatic carbocycles. The summed E-state index contributed by atoms with van der Waals surface area (Å²) in [6.07, 6.45) is 3.92. The van der Waals surface area contributed by atoms with Gasteiger partial charge in [0.05, 0.1) is 0 Å². The summed E-state index contributed by atoms with van der Waals surface area (Å²) in [5, 5.41) is 3.40. The number of hydrogen-bond donors (Lipinski definition) is 1. The first kappa shape index (κ1) is 14.0. The number of likely N-dealkylation sites (tertiary alicyclic amines) is 1. The Bertz CT molecular complexity index is 269. The predicted molar refractivity (Wildman–Crippen MR) is 77.9 cm³/mol. The van der Waals surface area contributed by atoms with Crippen LogP contribution in [0.4, 0.5) is 0 Å². The average Bonchev–Trinajstić information content (AvgIpc) is 2.78. The fourth-order valence-corrected chi connectivity index (χ4v) is 3.34. The van der Waals surface area contributed by atoms with Crippen molar-refractivity contribution in [3.63, 3.8) is 0 Å². The van der Waals surface area contributed by atoms with Crippen LogP contribution >= 0.6 is 0 Å². The molecule has 3 heteroatoms. The summed E-state index contributed by atoms with van der Waals surface area (Å²) in [5.74, 6) is 0. The van der Waals surface area contributed by atoms with Crippen molar-refractivity contribution in [1.29, 1.82) is 0 Å². The summed E-state index contributed by atoms with van der Waals surface area (Å²) < 4.78 is 0. The Morgan fingerprint density at radius 2 is 2.00 bits per heavy atom. The third-order valence-electron chi connectivity index (χ3n) is 4.27. The van der Waals surface area contributed by atoms with Crippen LogP contribution in [0.15, 0.2) is 12.2 Å². The fourth-order valence-electron chi connectivity index (χ4n) is 3.34. The lowest BCUT2D eigenvalue weighted by molar-refractivity contribution is 0.197. The van der Waals surface area contributed by atoms with Crippen molar-refractivity contribution >= 4 is 0 Å². The molecule has 104 valence electrons. The molecule has 0 bridgehead atoms. The van der Waals surface area contributed by atoms with Crippen molar-refractivity contribution in [3.8, 4) is 0 Å². The highest BCUT2D eigenvalue weighted by Crippen LogP contribution is 2.25. The first-order valence-electron chi connectivity index (χ1n) is 7.52. The Morgan fingerprint density at radius 3 is 2.67 bits per heavy atom. The van der Waals surface area contributed by atoms with E-state index >= 15 is 0 Å². The topological polar surface area (TPSA) is 18.5 Å². The van der Waals surface area contributed by atoms with E-state index in [1.54, 1.807) is 0 Å². The van der Waals surface area contributed by atoms with Crippen LogP contribution < -0.4 is 5.32 Å². The van der Waals surface area contributed by atoms with E-state index in [4.69, 9.17) is 0 Å². The second kappa shape index (κ2) is 6.69. The zero-order valence-corrected chi connectivity index (χ0v) is 12.1. The molecule has 2 aliphatic rings. The lowest BCUT2D eigenvalue weighted by Crippen LogP contribution is -2.44. The van der Waals surface area contributed by atoms with E-state index in [0.29, 0.717) is 6.04 Å². The first-order valence-corrected chi connectivity index (χ1v) is 7.52. The molecular weight excluding hydrogens is 222 g/mol. The molecule has 0 radical (unpaired) electrons. The third-order valence-corrected chi connectivity index (χ3v) is 4.27. The number of nitrogens with one attached hydrogen (secondary N) is 1. The van der Waals surface area contributed by atoms with E-state index < -0.39 is 0 Å². The molecule has 2 fully saturated rings. The van der Waals surface area contributed by atoms with Crippen LogP contribution in [0.5, 0.6) is 0 Å². The van der Waals surface area contributed by atoms with Crippen LogP contribution in [0.3, 0.4) is 0 Å². The predicted octanol–water partition coefficient (Wildman–Crippen LogP) is 1.71. The van der Waals surface area contributed by atoms with Crippen molar-refractivity contribution in [1.82, 2.24) is 15.1 Å². The van der Waals surface area contributed by atoms with Gasteiger partial charge in [-0.3, -0.25) is 9.80 Å². The summed E-state index contributed by atoms with van der Waals surface area (Å²) in [4.78, 5) is 5.19. The highest BCUT2D eigenvalue weighted by molar-refractivity contribution is 5.03. The van der Waals surface area contributed by atoms with Crippen LogP contribution in [-0.4, -0.2) is 61.2 Å². The maximum Gasteiger partial charge on any atom is 0.0191 e. The minimum Gasteiger partial charge on any atom is -0.314 e. The van der Waals surface area contributed by atoms with Crippen molar-refractivity contribution in [2.75, 3.05) is 39.3 Å². The number of nitrogens with zero attached hydrogens (tertiary/aromatic N) is 2. The number of rotatable bonds is 5. The fraction of sp³-hybridized carbons (Fsp3) is 0.867. The van der Waals surface area contributed by atoms with Crippen molar-refractivity contribution < 1.29 is 0 Å². The van der Waals surface area contributed by atoms with Crippen molar-refractivity contribution in [3.05, 3.63) is 12.2 Å². The smallest absolute Gasteiger partial charge is 0.0191 e. The summed E-state index contributed by atoms with van der Waals surface area (Å²) in [6.45, 7) is 16.0. The van der Waals surface area contributed by atoms with E-state index in [1.165, 1.54) is 44.5 Å². The van der Waals surface area contributed by atoms with Gasteiger partial charge in [0.2, 0.25) is 0 Å². The lowest BCUT2D eigenvalue weighted by atomic mass is 10.0. The quantitative estimate of drug-likeness (QED) is 0.751. The minimum absolute atomic E-state index is 0.685. The molecule has 0 aliphatic carbocycles. The number of piperazine rings is 1. The molecule has 0 amide bonds. The van der Waals surface area contributed by atoms with Crippen LogP contribution in [0.25, 0.3) is 0 Å². The second-order valence-corrected chi connectivity index (χ2v) is 6.11. The Labute approximate surface area is 112 Å². The van der Waals surface area contributed by atoms with Crippen LogP contribution in [0.2, 0.25) is 0 Å². The monoisotopic (exact) mass is 251 g/mol. The van der Waals surface area contributed by atoms with Gasteiger partial charge in [0, 0.05) is 44.8 Å². The standard InChI is InChI=1S/C15H29N3/c1-13(2)18-8-4-5-15(18)11-14(3)12-17-9-6-16-7-10-17/h13,15-16H,3-12H2,1-2H3. The molecule has 1 unspecified atom stereocenters. The van der Waals surface area contributed by atoms with Crippen molar-refractivity contribution in [2.24, 2.45) is 0 Å². The zero-order chi connectivity index (χ0) is 13.0. The Balaban J connectivity index is 1.76. The van der Waals surface area contributed by atoms with Gasteiger partial charge in [-0.25, -0.2) is 0 Å². The van der Waals surface area contributed by atoms with Gasteiger partial charge in [0.1, 0.15) is 0 Å². The van der Waals surface area contributed by atoms with Gasteiger partial charge >= 0.3 is 0 Å². The molecular formula is C15H29N3. The Hall–Kier alpha value is -0.380. The summed E-state index contributed by atoms with van der Waals surface area (Å²) in [7, 11) is 0. The van der Waals surface area contributed by atoms with Gasteiger partial charge in [-0.05, 0) is 39.7 Å². The minimum atomic E-state index is 0.685. The SMILES string of the molecule is C=C(CC1CCCN1C(C)C)CN1CCNCC1. The highest BCUT2D eigenvalue weighted by atomic mass is 15.2. The van der Waals surface area contributed by atoms with E-state index in [-0.39, 0.29) is 0 Å². The van der Waals surface area contributed by atoms with E-state index in [1.807, 2.05) is 0 Å². The van der Waals surface area contributed by atoms with Gasteiger partial charge in [-0.1, -0.05) is 12.2 Å². The van der Waals surface area contributed by atoms with Gasteiger partial charge in [0.15, 0.2) is 0 Å². The van der Waals surface area contributed by atoms with E-state index in [2.05, 4.69) is 35.5 Å². The van der Waals surface area contributed by atoms with Gasteiger partial charge in [0.25, 0.3) is 0 Å². The third kappa shape index (κ3) is 3.81. The van der Waals surface area contributed by atoms with Gasteiger partial charge in [-0.2, -0.15) is 0 Å². The number of hydrogen-bond acceptors (Lipinski definition) is 3. The molecule has 2 heterocycles. The molecule has 2 rings (SSSR count). The van der Waals surface area contributed by atoms with Crippen molar-refractivity contribution in [2.45, 2.75) is 45.2 Å².